The molecule has 2 aromatic rings. The van der Waals surface area contributed by atoms with Gasteiger partial charge in [-0.15, -0.1) is 0 Å². The van der Waals surface area contributed by atoms with Gasteiger partial charge in [0.1, 0.15) is 0 Å². The van der Waals surface area contributed by atoms with Crippen LogP contribution in [0.25, 0.3) is 0 Å². The third-order valence-electron chi connectivity index (χ3n) is 3.85. The highest BCUT2D eigenvalue weighted by molar-refractivity contribution is 5.25. The van der Waals surface area contributed by atoms with E-state index in [2.05, 4.69) is 27.1 Å². The van der Waals surface area contributed by atoms with Gasteiger partial charge in [0.05, 0.1) is 12.8 Å². The number of methoxy groups -OCH3 is 1. The van der Waals surface area contributed by atoms with Crippen LogP contribution >= 0.6 is 0 Å². The quantitative estimate of drug-likeness (QED) is 0.847. The van der Waals surface area contributed by atoms with Crippen molar-refractivity contribution in [3.63, 3.8) is 0 Å². The highest BCUT2D eigenvalue weighted by atomic mass is 16.5. The first-order valence-corrected chi connectivity index (χ1v) is 6.89. The van der Waals surface area contributed by atoms with Crippen LogP contribution in [0.15, 0.2) is 30.7 Å². The normalized spacial score (nSPS) is 19.0. The molecular weight excluding hydrogens is 252 g/mol. The van der Waals surface area contributed by atoms with Crippen LogP contribution in [0.3, 0.4) is 0 Å². The lowest BCUT2D eigenvalue weighted by Crippen LogP contribution is -2.35. The standard InChI is InChI=1S/C15H20N4O/c1-18-15-13(7-17-18)9-19(10-14(15)11-20-2)8-12-3-5-16-6-4-12/h3-7,14H,8-11H2,1-2H3/t14-/m1/s1. The average Bonchev–Trinajstić information content (AvgIpc) is 2.82. The molecule has 0 saturated carbocycles. The number of pyridine rings is 1. The fourth-order valence-corrected chi connectivity index (χ4v) is 3.04. The Bertz CT molecular complexity index is 567. The van der Waals surface area contributed by atoms with Crippen LogP contribution in [-0.2, 0) is 24.9 Å². The van der Waals surface area contributed by atoms with Crippen LogP contribution in [-0.4, -0.2) is 39.9 Å². The van der Waals surface area contributed by atoms with Gasteiger partial charge in [0, 0.05) is 63.4 Å². The van der Waals surface area contributed by atoms with Crippen LogP contribution in [0, 0.1) is 0 Å². The summed E-state index contributed by atoms with van der Waals surface area (Å²) in [6, 6.07) is 4.15. The molecule has 0 radical (unpaired) electrons. The van der Waals surface area contributed by atoms with Gasteiger partial charge in [0.2, 0.25) is 0 Å². The van der Waals surface area contributed by atoms with Crippen molar-refractivity contribution in [2.24, 2.45) is 7.05 Å². The Kier molecular flexibility index (Phi) is 3.80. The van der Waals surface area contributed by atoms with Crippen molar-refractivity contribution >= 4 is 0 Å². The van der Waals surface area contributed by atoms with E-state index in [-0.39, 0.29) is 0 Å². The molecule has 3 rings (SSSR count). The molecule has 5 nitrogen and oxygen atoms in total. The second-order valence-electron chi connectivity index (χ2n) is 5.36. The third-order valence-corrected chi connectivity index (χ3v) is 3.85. The van der Waals surface area contributed by atoms with Gasteiger partial charge in [0.25, 0.3) is 0 Å². The molecule has 20 heavy (non-hydrogen) atoms. The zero-order valence-electron chi connectivity index (χ0n) is 12.0. The van der Waals surface area contributed by atoms with Crippen molar-refractivity contribution in [1.82, 2.24) is 19.7 Å². The highest BCUT2D eigenvalue weighted by Crippen LogP contribution is 2.28. The summed E-state index contributed by atoms with van der Waals surface area (Å²) < 4.78 is 7.37. The van der Waals surface area contributed by atoms with E-state index in [9.17, 15) is 0 Å². The van der Waals surface area contributed by atoms with Gasteiger partial charge < -0.3 is 4.74 Å². The van der Waals surface area contributed by atoms with E-state index >= 15 is 0 Å². The summed E-state index contributed by atoms with van der Waals surface area (Å²) in [5.41, 5.74) is 3.93. The molecular formula is C15H20N4O. The van der Waals surface area contributed by atoms with E-state index in [4.69, 9.17) is 4.74 Å². The maximum absolute atomic E-state index is 5.38. The highest BCUT2D eigenvalue weighted by Gasteiger charge is 2.28. The predicted octanol–water partition coefficient (Wildman–Crippen LogP) is 1.56. The molecule has 0 aliphatic carbocycles. The molecule has 1 atom stereocenters. The Labute approximate surface area is 119 Å². The molecule has 0 fully saturated rings. The van der Waals surface area contributed by atoms with Crippen molar-refractivity contribution in [2.45, 2.75) is 19.0 Å². The van der Waals surface area contributed by atoms with Gasteiger partial charge in [-0.25, -0.2) is 0 Å². The van der Waals surface area contributed by atoms with E-state index in [1.54, 1.807) is 7.11 Å². The Morgan fingerprint density at radius 3 is 2.90 bits per heavy atom. The van der Waals surface area contributed by atoms with Gasteiger partial charge in [0.15, 0.2) is 0 Å². The second kappa shape index (κ2) is 5.73. The van der Waals surface area contributed by atoms with Gasteiger partial charge >= 0.3 is 0 Å². The molecule has 5 heteroatoms. The molecule has 1 aliphatic rings. The van der Waals surface area contributed by atoms with E-state index in [0.717, 1.165) is 26.2 Å². The third kappa shape index (κ3) is 2.59. The summed E-state index contributed by atoms with van der Waals surface area (Å²) in [7, 11) is 3.78. The molecule has 106 valence electrons. The molecule has 0 bridgehead atoms. The molecule has 2 aromatic heterocycles. The van der Waals surface area contributed by atoms with Crippen LogP contribution in [0.1, 0.15) is 22.7 Å². The number of fused-ring (bicyclic) bond motifs is 1. The smallest absolute Gasteiger partial charge is 0.0558 e. The molecule has 0 unspecified atom stereocenters. The van der Waals surface area contributed by atoms with Crippen LogP contribution < -0.4 is 0 Å². The first-order valence-electron chi connectivity index (χ1n) is 6.89. The maximum Gasteiger partial charge on any atom is 0.0558 e. The Morgan fingerprint density at radius 2 is 2.15 bits per heavy atom. The first kappa shape index (κ1) is 13.3. The summed E-state index contributed by atoms with van der Waals surface area (Å²) in [5, 5.41) is 4.40. The first-order chi connectivity index (χ1) is 9.78. The van der Waals surface area contributed by atoms with E-state index < -0.39 is 0 Å². The molecule has 0 aromatic carbocycles. The summed E-state index contributed by atoms with van der Waals surface area (Å²) >= 11 is 0. The Hall–Kier alpha value is -1.72. The molecule has 0 N–H and O–H groups in total. The number of rotatable bonds is 4. The molecule has 0 spiro atoms. The van der Waals surface area contributed by atoms with Gasteiger partial charge in [-0.3, -0.25) is 14.6 Å². The van der Waals surface area contributed by atoms with E-state index in [1.807, 2.05) is 30.3 Å². The zero-order chi connectivity index (χ0) is 13.9. The molecule has 0 amide bonds. The SMILES string of the molecule is COC[C@H]1CN(Cc2ccncc2)Cc2cnn(C)c21. The van der Waals surface area contributed by atoms with Gasteiger partial charge in [-0.05, 0) is 17.7 Å². The number of aromatic nitrogens is 3. The van der Waals surface area contributed by atoms with E-state index in [1.165, 1.54) is 16.8 Å². The number of hydrogen-bond donors (Lipinski definition) is 0. The summed E-state index contributed by atoms with van der Waals surface area (Å²) in [4.78, 5) is 6.52. The zero-order valence-corrected chi connectivity index (χ0v) is 12.0. The largest absolute Gasteiger partial charge is 0.384 e. The molecule has 3 heterocycles. The van der Waals surface area contributed by atoms with Crippen LogP contribution in [0.2, 0.25) is 0 Å². The molecule has 1 aliphatic heterocycles. The van der Waals surface area contributed by atoms with Crippen molar-refractivity contribution < 1.29 is 4.74 Å². The van der Waals surface area contributed by atoms with Gasteiger partial charge in [-0.2, -0.15) is 5.10 Å². The lowest BCUT2D eigenvalue weighted by atomic mass is 9.96. The van der Waals surface area contributed by atoms with Gasteiger partial charge in [-0.1, -0.05) is 0 Å². The summed E-state index contributed by atoms with van der Waals surface area (Å²) in [6.07, 6.45) is 5.68. The van der Waals surface area contributed by atoms with Crippen molar-refractivity contribution in [3.05, 3.63) is 47.5 Å². The topological polar surface area (TPSA) is 43.2 Å². The van der Waals surface area contributed by atoms with Crippen LogP contribution in [0.5, 0.6) is 0 Å². The monoisotopic (exact) mass is 272 g/mol. The number of ether oxygens (including phenoxy) is 1. The fraction of sp³-hybridized carbons (Fsp3) is 0.467. The number of hydrogen-bond acceptors (Lipinski definition) is 4. The Morgan fingerprint density at radius 1 is 1.35 bits per heavy atom. The van der Waals surface area contributed by atoms with Crippen molar-refractivity contribution in [2.75, 3.05) is 20.3 Å². The van der Waals surface area contributed by atoms with E-state index in [0.29, 0.717) is 5.92 Å². The lowest BCUT2D eigenvalue weighted by Gasteiger charge is -2.32. The average molecular weight is 272 g/mol. The lowest BCUT2D eigenvalue weighted by molar-refractivity contribution is 0.132. The minimum absolute atomic E-state index is 0.387. The van der Waals surface area contributed by atoms with Crippen molar-refractivity contribution in [3.8, 4) is 0 Å². The number of aryl methyl sites for hydroxylation is 1. The van der Waals surface area contributed by atoms with Crippen molar-refractivity contribution in [1.29, 1.82) is 0 Å². The number of nitrogens with zero attached hydrogens (tertiary/aromatic N) is 4. The summed E-state index contributed by atoms with van der Waals surface area (Å²) in [5.74, 6) is 0.387. The summed E-state index contributed by atoms with van der Waals surface area (Å²) in [6.45, 7) is 3.63. The predicted molar refractivity (Wildman–Crippen MR) is 76.2 cm³/mol. The molecule has 0 saturated heterocycles. The Balaban J connectivity index is 1.79. The minimum Gasteiger partial charge on any atom is -0.384 e. The van der Waals surface area contributed by atoms with Crippen LogP contribution in [0.4, 0.5) is 0 Å². The minimum atomic E-state index is 0.387. The second-order valence-corrected chi connectivity index (χ2v) is 5.36. The maximum atomic E-state index is 5.38. The fourth-order valence-electron chi connectivity index (χ4n) is 3.04.